The third-order valence-corrected chi connectivity index (χ3v) is 4.55. The Bertz CT molecular complexity index is 930. The summed E-state index contributed by atoms with van der Waals surface area (Å²) in [6, 6.07) is 5.92. The molecule has 24 heavy (non-hydrogen) atoms. The predicted molar refractivity (Wildman–Crippen MR) is 91.2 cm³/mol. The molecule has 0 aliphatic heterocycles. The molecule has 8 nitrogen and oxygen atoms in total. The van der Waals surface area contributed by atoms with Gasteiger partial charge >= 0.3 is 5.69 Å². The van der Waals surface area contributed by atoms with E-state index >= 15 is 0 Å². The third-order valence-electron chi connectivity index (χ3n) is 3.61. The van der Waals surface area contributed by atoms with Gasteiger partial charge in [0.05, 0.1) is 21.7 Å². The molecular formula is C15H15N5O3S. The summed E-state index contributed by atoms with van der Waals surface area (Å²) in [4.78, 5) is 26.7. The molecule has 0 saturated carbocycles. The minimum absolute atomic E-state index is 0.0445. The standard InChI is InChI=1S/C15H15N5O3S/c1-9-3-4-11-13(7-9)24-15(17-11)18-14(21)5-6-19-10(2)12(8-16-19)20(22)23/h3-4,7-8H,5-6H2,1-2H3,(H,17,18,21). The fraction of sp³-hybridized carbons (Fsp3) is 0.267. The van der Waals surface area contributed by atoms with Crippen LogP contribution in [0.4, 0.5) is 10.8 Å². The molecule has 2 heterocycles. The van der Waals surface area contributed by atoms with Crippen LogP contribution in [-0.4, -0.2) is 25.6 Å². The van der Waals surface area contributed by atoms with Crippen molar-refractivity contribution in [2.75, 3.05) is 5.32 Å². The minimum atomic E-state index is -0.484. The van der Waals surface area contributed by atoms with Crippen molar-refractivity contribution in [1.29, 1.82) is 0 Å². The van der Waals surface area contributed by atoms with Crippen molar-refractivity contribution in [1.82, 2.24) is 14.8 Å². The van der Waals surface area contributed by atoms with E-state index in [1.54, 1.807) is 6.92 Å². The molecule has 1 amide bonds. The van der Waals surface area contributed by atoms with Gasteiger partial charge in [0.15, 0.2) is 5.13 Å². The van der Waals surface area contributed by atoms with E-state index in [9.17, 15) is 14.9 Å². The highest BCUT2D eigenvalue weighted by molar-refractivity contribution is 7.22. The normalized spacial score (nSPS) is 10.9. The highest BCUT2D eigenvalue weighted by Crippen LogP contribution is 2.26. The molecule has 1 N–H and O–H groups in total. The Labute approximate surface area is 141 Å². The number of nitro groups is 1. The van der Waals surface area contributed by atoms with Crippen molar-refractivity contribution in [2.45, 2.75) is 26.8 Å². The van der Waals surface area contributed by atoms with Crippen LogP contribution in [0.2, 0.25) is 0 Å². The van der Waals surface area contributed by atoms with Gasteiger partial charge in [-0.1, -0.05) is 17.4 Å². The monoisotopic (exact) mass is 345 g/mol. The van der Waals surface area contributed by atoms with E-state index in [0.717, 1.165) is 15.8 Å². The lowest BCUT2D eigenvalue weighted by Gasteiger charge is -2.03. The highest BCUT2D eigenvalue weighted by Gasteiger charge is 2.17. The molecule has 0 unspecified atom stereocenters. The van der Waals surface area contributed by atoms with Crippen LogP contribution in [0.5, 0.6) is 0 Å². The second kappa shape index (κ2) is 6.36. The summed E-state index contributed by atoms with van der Waals surface area (Å²) >= 11 is 1.42. The van der Waals surface area contributed by atoms with Gasteiger partial charge in [0.25, 0.3) is 0 Å². The average Bonchev–Trinajstić information content (AvgIpc) is 3.07. The average molecular weight is 345 g/mol. The summed E-state index contributed by atoms with van der Waals surface area (Å²) < 4.78 is 2.48. The van der Waals surface area contributed by atoms with E-state index < -0.39 is 4.92 Å². The number of carbonyl (C=O) groups is 1. The molecule has 9 heteroatoms. The quantitative estimate of drug-likeness (QED) is 0.565. The largest absolute Gasteiger partial charge is 0.309 e. The first kappa shape index (κ1) is 16.1. The third kappa shape index (κ3) is 3.25. The van der Waals surface area contributed by atoms with Gasteiger partial charge in [-0.25, -0.2) is 4.98 Å². The zero-order valence-corrected chi connectivity index (χ0v) is 14.0. The molecule has 0 aliphatic rings. The summed E-state index contributed by atoms with van der Waals surface area (Å²) in [5, 5.41) is 18.0. The van der Waals surface area contributed by atoms with E-state index in [-0.39, 0.29) is 24.6 Å². The van der Waals surface area contributed by atoms with Crippen LogP contribution in [0.25, 0.3) is 10.2 Å². The number of carbonyl (C=O) groups excluding carboxylic acids is 1. The second-order valence-electron chi connectivity index (χ2n) is 5.38. The number of fused-ring (bicyclic) bond motifs is 1. The van der Waals surface area contributed by atoms with E-state index in [2.05, 4.69) is 15.4 Å². The van der Waals surface area contributed by atoms with Gasteiger partial charge in [0.1, 0.15) is 11.9 Å². The Kier molecular flexibility index (Phi) is 4.26. The smallest absolute Gasteiger partial charge is 0.302 e. The number of hydrogen-bond acceptors (Lipinski definition) is 6. The van der Waals surface area contributed by atoms with E-state index in [1.165, 1.54) is 22.2 Å². The Hall–Kier alpha value is -2.81. The SMILES string of the molecule is Cc1ccc2nc(NC(=O)CCn3ncc([N+](=O)[O-])c3C)sc2c1. The molecule has 0 fully saturated rings. The number of aryl methyl sites for hydroxylation is 2. The van der Waals surface area contributed by atoms with Gasteiger partial charge < -0.3 is 5.32 Å². The maximum Gasteiger partial charge on any atom is 0.309 e. The van der Waals surface area contributed by atoms with E-state index in [1.807, 2.05) is 25.1 Å². The van der Waals surface area contributed by atoms with Crippen LogP contribution >= 0.6 is 11.3 Å². The summed E-state index contributed by atoms with van der Waals surface area (Å²) in [6.45, 7) is 3.89. The maximum absolute atomic E-state index is 12.1. The fourth-order valence-electron chi connectivity index (χ4n) is 2.32. The van der Waals surface area contributed by atoms with Gasteiger partial charge in [-0.05, 0) is 31.5 Å². The number of benzene rings is 1. The summed E-state index contributed by atoms with van der Waals surface area (Å²) in [6.07, 6.45) is 1.36. The summed E-state index contributed by atoms with van der Waals surface area (Å²) in [7, 11) is 0. The molecule has 0 spiro atoms. The lowest BCUT2D eigenvalue weighted by Crippen LogP contribution is -2.15. The zero-order chi connectivity index (χ0) is 17.3. The van der Waals surface area contributed by atoms with Crippen LogP contribution in [-0.2, 0) is 11.3 Å². The fourth-order valence-corrected chi connectivity index (χ4v) is 3.30. The van der Waals surface area contributed by atoms with E-state index in [4.69, 9.17) is 0 Å². The number of hydrogen-bond donors (Lipinski definition) is 1. The van der Waals surface area contributed by atoms with Gasteiger partial charge in [-0.15, -0.1) is 0 Å². The van der Waals surface area contributed by atoms with Crippen LogP contribution in [0, 0.1) is 24.0 Å². The van der Waals surface area contributed by atoms with Crippen molar-refractivity contribution < 1.29 is 9.72 Å². The van der Waals surface area contributed by atoms with Gasteiger partial charge in [-0.2, -0.15) is 5.10 Å². The second-order valence-corrected chi connectivity index (χ2v) is 6.41. The van der Waals surface area contributed by atoms with Gasteiger partial charge in [0.2, 0.25) is 5.91 Å². The first-order valence-electron chi connectivity index (χ1n) is 7.28. The summed E-state index contributed by atoms with van der Waals surface area (Å²) in [5.74, 6) is -0.205. The Morgan fingerprint density at radius 1 is 1.42 bits per heavy atom. The number of aromatic nitrogens is 3. The Morgan fingerprint density at radius 3 is 2.92 bits per heavy atom. The van der Waals surface area contributed by atoms with Crippen molar-refractivity contribution in [2.24, 2.45) is 0 Å². The molecule has 1 aromatic carbocycles. The molecule has 3 rings (SSSR count). The van der Waals surface area contributed by atoms with Crippen molar-refractivity contribution in [3.63, 3.8) is 0 Å². The molecule has 3 aromatic rings. The molecule has 0 radical (unpaired) electrons. The Morgan fingerprint density at radius 2 is 2.21 bits per heavy atom. The van der Waals surface area contributed by atoms with E-state index in [0.29, 0.717) is 10.8 Å². The van der Waals surface area contributed by atoms with Crippen LogP contribution in [0.1, 0.15) is 17.7 Å². The van der Waals surface area contributed by atoms with Crippen molar-refractivity contribution >= 4 is 38.3 Å². The number of rotatable bonds is 5. The number of nitrogens with zero attached hydrogens (tertiary/aromatic N) is 4. The van der Waals surface area contributed by atoms with Gasteiger partial charge in [-0.3, -0.25) is 19.6 Å². The van der Waals surface area contributed by atoms with Crippen LogP contribution in [0.15, 0.2) is 24.4 Å². The predicted octanol–water partition coefficient (Wildman–Crippen LogP) is 3.05. The lowest BCUT2D eigenvalue weighted by molar-refractivity contribution is -0.385. The number of thiazole rings is 1. The molecule has 0 atom stereocenters. The zero-order valence-electron chi connectivity index (χ0n) is 13.1. The first-order valence-corrected chi connectivity index (χ1v) is 8.09. The lowest BCUT2D eigenvalue weighted by atomic mass is 10.2. The Balaban J connectivity index is 1.63. The molecule has 2 aromatic heterocycles. The minimum Gasteiger partial charge on any atom is -0.302 e. The molecular weight excluding hydrogens is 330 g/mol. The van der Waals surface area contributed by atoms with Crippen LogP contribution < -0.4 is 5.32 Å². The van der Waals surface area contributed by atoms with Crippen molar-refractivity contribution in [3.05, 3.63) is 45.8 Å². The molecule has 0 aliphatic carbocycles. The van der Waals surface area contributed by atoms with Gasteiger partial charge in [0, 0.05) is 6.42 Å². The number of anilines is 1. The first-order chi connectivity index (χ1) is 11.4. The topological polar surface area (TPSA) is 103 Å². The van der Waals surface area contributed by atoms with Crippen molar-refractivity contribution in [3.8, 4) is 0 Å². The maximum atomic E-state index is 12.1. The number of amides is 1. The summed E-state index contributed by atoms with van der Waals surface area (Å²) in [5.41, 5.74) is 2.37. The van der Waals surface area contributed by atoms with Crippen LogP contribution in [0.3, 0.4) is 0 Å². The molecule has 0 bridgehead atoms. The molecule has 124 valence electrons. The highest BCUT2D eigenvalue weighted by atomic mass is 32.1. The molecule has 0 saturated heterocycles. The number of nitrogens with one attached hydrogen (secondary N) is 1.